The molecule has 0 N–H and O–H groups in total. The summed E-state index contributed by atoms with van der Waals surface area (Å²) in [6.07, 6.45) is -4.49. The number of hydrogen-bond acceptors (Lipinski definition) is 2. The summed E-state index contributed by atoms with van der Waals surface area (Å²) in [5.74, 6) is -0.402. The molecule has 3 aromatic carbocycles. The molecule has 1 aromatic heterocycles. The molecule has 4 aromatic rings. The Hall–Kier alpha value is -3.21. The molecule has 1 heterocycles. The lowest BCUT2D eigenvalue weighted by Gasteiger charge is -2.12. The van der Waals surface area contributed by atoms with E-state index in [1.54, 1.807) is 54.6 Å². The number of benzene rings is 3. The monoisotopic (exact) mass is 351 g/mol. The highest BCUT2D eigenvalue weighted by molar-refractivity contribution is 6.19. The predicted molar refractivity (Wildman–Crippen MR) is 94.1 cm³/mol. The number of carbonyl (C=O) groups is 1. The number of halogens is 3. The number of aromatic nitrogens is 1. The van der Waals surface area contributed by atoms with E-state index >= 15 is 0 Å². The van der Waals surface area contributed by atoms with Gasteiger partial charge in [0.2, 0.25) is 5.78 Å². The number of fused-ring (bicyclic) bond motifs is 3. The molecule has 0 saturated carbocycles. The Bertz CT molecular complexity index is 1130. The third kappa shape index (κ3) is 2.71. The van der Waals surface area contributed by atoms with Crippen molar-refractivity contribution in [1.29, 1.82) is 0 Å². The van der Waals surface area contributed by atoms with Crippen LogP contribution in [0, 0.1) is 0 Å². The summed E-state index contributed by atoms with van der Waals surface area (Å²) in [5, 5.41) is 1.48. The first-order valence-electron chi connectivity index (χ1n) is 7.94. The topological polar surface area (TPSA) is 30.0 Å². The summed E-state index contributed by atoms with van der Waals surface area (Å²) in [6.45, 7) is 0. The molecule has 0 saturated heterocycles. The minimum absolute atomic E-state index is 0.0241. The standard InChI is InChI=1S/C21H12F3NO/c22-21(23,24)14-10-11-15-16-8-4-5-9-18(16)25-19(17(15)12-14)20(26)13-6-2-1-3-7-13/h1-12H. The Morgan fingerprint density at radius 1 is 0.769 bits per heavy atom. The number of alkyl halides is 3. The summed E-state index contributed by atoms with van der Waals surface area (Å²) in [5.41, 5.74) is 0.174. The minimum atomic E-state index is -4.49. The second kappa shape index (κ2) is 5.95. The van der Waals surface area contributed by atoms with Crippen molar-refractivity contribution in [3.8, 4) is 0 Å². The largest absolute Gasteiger partial charge is 0.416 e. The molecule has 0 radical (unpaired) electrons. The van der Waals surface area contributed by atoms with Crippen molar-refractivity contribution >= 4 is 27.5 Å². The molecule has 2 nitrogen and oxygen atoms in total. The highest BCUT2D eigenvalue weighted by Gasteiger charge is 2.31. The first-order chi connectivity index (χ1) is 12.4. The fourth-order valence-electron chi connectivity index (χ4n) is 3.03. The van der Waals surface area contributed by atoms with Gasteiger partial charge in [0, 0.05) is 16.3 Å². The normalized spacial score (nSPS) is 11.8. The molecule has 128 valence electrons. The molecule has 0 spiro atoms. The molecule has 26 heavy (non-hydrogen) atoms. The summed E-state index contributed by atoms with van der Waals surface area (Å²) in [6, 6.07) is 19.0. The van der Waals surface area contributed by atoms with Gasteiger partial charge in [-0.25, -0.2) is 4.98 Å². The van der Waals surface area contributed by atoms with Gasteiger partial charge in [0.25, 0.3) is 0 Å². The van der Waals surface area contributed by atoms with Crippen LogP contribution in [0.3, 0.4) is 0 Å². The maximum absolute atomic E-state index is 13.2. The molecule has 0 bridgehead atoms. The molecule has 5 heteroatoms. The van der Waals surface area contributed by atoms with Gasteiger partial charge in [-0.2, -0.15) is 13.2 Å². The minimum Gasteiger partial charge on any atom is -0.287 e. The lowest BCUT2D eigenvalue weighted by Crippen LogP contribution is -2.08. The van der Waals surface area contributed by atoms with Crippen molar-refractivity contribution in [2.75, 3.05) is 0 Å². The van der Waals surface area contributed by atoms with E-state index in [-0.39, 0.29) is 11.1 Å². The zero-order valence-corrected chi connectivity index (χ0v) is 13.4. The third-order valence-electron chi connectivity index (χ3n) is 4.28. The van der Waals surface area contributed by atoms with E-state index in [0.717, 1.165) is 12.1 Å². The fourth-order valence-corrected chi connectivity index (χ4v) is 3.03. The van der Waals surface area contributed by atoms with Gasteiger partial charge in [0.1, 0.15) is 5.69 Å². The molecule has 0 unspecified atom stereocenters. The maximum atomic E-state index is 13.2. The number of nitrogens with zero attached hydrogens (tertiary/aromatic N) is 1. The number of pyridine rings is 1. The van der Waals surface area contributed by atoms with Crippen LogP contribution < -0.4 is 0 Å². The zero-order chi connectivity index (χ0) is 18.3. The van der Waals surface area contributed by atoms with Crippen molar-refractivity contribution in [2.24, 2.45) is 0 Å². The number of hydrogen-bond donors (Lipinski definition) is 0. The Labute approximate surface area is 146 Å². The molecule has 0 atom stereocenters. The van der Waals surface area contributed by atoms with Gasteiger partial charge in [-0.1, -0.05) is 54.6 Å². The smallest absolute Gasteiger partial charge is 0.287 e. The van der Waals surface area contributed by atoms with Crippen LogP contribution >= 0.6 is 0 Å². The van der Waals surface area contributed by atoms with Crippen LogP contribution in [0.5, 0.6) is 0 Å². The van der Waals surface area contributed by atoms with Crippen LogP contribution in [-0.2, 0) is 6.18 Å². The molecular formula is C21H12F3NO. The fraction of sp³-hybridized carbons (Fsp3) is 0.0476. The van der Waals surface area contributed by atoms with Gasteiger partial charge in [0.05, 0.1) is 11.1 Å². The van der Waals surface area contributed by atoms with Gasteiger partial charge < -0.3 is 0 Å². The van der Waals surface area contributed by atoms with E-state index < -0.39 is 17.5 Å². The predicted octanol–water partition coefficient (Wildman–Crippen LogP) is 5.64. The van der Waals surface area contributed by atoms with Crippen LogP contribution in [0.15, 0.2) is 72.8 Å². The van der Waals surface area contributed by atoms with Crippen molar-refractivity contribution < 1.29 is 18.0 Å². The van der Waals surface area contributed by atoms with Crippen molar-refractivity contribution in [3.63, 3.8) is 0 Å². The lowest BCUT2D eigenvalue weighted by atomic mass is 9.97. The summed E-state index contributed by atoms with van der Waals surface area (Å²) < 4.78 is 39.5. The number of carbonyl (C=O) groups excluding carboxylic acids is 1. The van der Waals surface area contributed by atoms with E-state index in [2.05, 4.69) is 4.98 Å². The Morgan fingerprint density at radius 2 is 1.46 bits per heavy atom. The van der Waals surface area contributed by atoms with E-state index in [1.165, 1.54) is 6.07 Å². The summed E-state index contributed by atoms with van der Waals surface area (Å²) in [4.78, 5) is 17.3. The lowest BCUT2D eigenvalue weighted by molar-refractivity contribution is -0.137. The summed E-state index contributed by atoms with van der Waals surface area (Å²) >= 11 is 0. The van der Waals surface area contributed by atoms with Gasteiger partial charge >= 0.3 is 6.18 Å². The highest BCUT2D eigenvalue weighted by Crippen LogP contribution is 2.35. The van der Waals surface area contributed by atoms with Crippen molar-refractivity contribution in [3.05, 3.63) is 89.6 Å². The second-order valence-corrected chi connectivity index (χ2v) is 5.93. The van der Waals surface area contributed by atoms with Crippen LogP contribution in [-0.4, -0.2) is 10.8 Å². The number of rotatable bonds is 2. The molecule has 0 amide bonds. The quantitative estimate of drug-likeness (QED) is 0.346. The van der Waals surface area contributed by atoms with Crippen LogP contribution in [0.25, 0.3) is 21.7 Å². The maximum Gasteiger partial charge on any atom is 0.416 e. The SMILES string of the molecule is O=C(c1ccccc1)c1nc2ccccc2c2ccc(C(F)(F)F)cc12. The first kappa shape index (κ1) is 16.3. The molecule has 0 aliphatic rings. The van der Waals surface area contributed by atoms with Gasteiger partial charge in [0.15, 0.2) is 0 Å². The van der Waals surface area contributed by atoms with Crippen LogP contribution in [0.2, 0.25) is 0 Å². The van der Waals surface area contributed by atoms with Crippen LogP contribution in [0.4, 0.5) is 13.2 Å². The van der Waals surface area contributed by atoms with Crippen LogP contribution in [0.1, 0.15) is 21.6 Å². The van der Waals surface area contributed by atoms with Crippen molar-refractivity contribution in [1.82, 2.24) is 4.98 Å². The van der Waals surface area contributed by atoms with Gasteiger partial charge in [-0.05, 0) is 23.6 Å². The van der Waals surface area contributed by atoms with Gasteiger partial charge in [-0.3, -0.25) is 4.79 Å². The average Bonchev–Trinajstić information content (AvgIpc) is 2.66. The first-order valence-corrected chi connectivity index (χ1v) is 7.94. The molecule has 0 aliphatic carbocycles. The molecular weight excluding hydrogens is 339 g/mol. The zero-order valence-electron chi connectivity index (χ0n) is 13.4. The average molecular weight is 351 g/mol. The van der Waals surface area contributed by atoms with E-state index in [9.17, 15) is 18.0 Å². The van der Waals surface area contributed by atoms with E-state index in [4.69, 9.17) is 0 Å². The number of ketones is 1. The second-order valence-electron chi connectivity index (χ2n) is 5.93. The van der Waals surface area contributed by atoms with Crippen molar-refractivity contribution in [2.45, 2.75) is 6.18 Å². The van der Waals surface area contributed by atoms with Gasteiger partial charge in [-0.15, -0.1) is 0 Å². The third-order valence-corrected chi connectivity index (χ3v) is 4.28. The molecule has 0 fully saturated rings. The highest BCUT2D eigenvalue weighted by atomic mass is 19.4. The summed E-state index contributed by atoms with van der Waals surface area (Å²) in [7, 11) is 0. The molecule has 4 rings (SSSR count). The molecule has 0 aliphatic heterocycles. The Morgan fingerprint density at radius 3 is 2.19 bits per heavy atom. The number of para-hydroxylation sites is 1. The van der Waals surface area contributed by atoms with E-state index in [0.29, 0.717) is 21.9 Å². The Kier molecular flexibility index (Phi) is 3.72. The van der Waals surface area contributed by atoms with E-state index in [1.807, 2.05) is 0 Å². The Balaban J connectivity index is 2.07.